The van der Waals surface area contributed by atoms with Gasteiger partial charge in [-0.2, -0.15) is 0 Å². The monoisotopic (exact) mass is 386 g/mol. The zero-order valence-electron chi connectivity index (χ0n) is 14.2. The van der Waals surface area contributed by atoms with Crippen LogP contribution >= 0.6 is 11.6 Å². The van der Waals surface area contributed by atoms with Crippen LogP contribution in [0.25, 0.3) is 0 Å². The van der Waals surface area contributed by atoms with E-state index in [2.05, 4.69) is 16.0 Å². The van der Waals surface area contributed by atoms with Crippen LogP contribution in [0.1, 0.15) is 18.5 Å². The highest BCUT2D eigenvalue weighted by Gasteiger charge is 2.32. The first-order chi connectivity index (χ1) is 12.9. The summed E-state index contributed by atoms with van der Waals surface area (Å²) in [6, 6.07) is 11.6. The van der Waals surface area contributed by atoms with E-state index in [0.29, 0.717) is 16.9 Å². The minimum absolute atomic E-state index is 0.0278. The molecular formula is C18H15ClN4O4. The summed E-state index contributed by atoms with van der Waals surface area (Å²) < 4.78 is 0. The lowest BCUT2D eigenvalue weighted by atomic mass is 9.94. The van der Waals surface area contributed by atoms with Crippen molar-refractivity contribution in [2.75, 3.05) is 5.32 Å². The molecule has 27 heavy (non-hydrogen) atoms. The maximum absolute atomic E-state index is 12.8. The van der Waals surface area contributed by atoms with Crippen molar-refractivity contribution in [3.05, 3.63) is 80.5 Å². The molecule has 0 spiro atoms. The van der Waals surface area contributed by atoms with Gasteiger partial charge in [-0.3, -0.25) is 14.9 Å². The average Bonchev–Trinajstić information content (AvgIpc) is 2.62. The van der Waals surface area contributed by atoms with Crippen LogP contribution in [0.4, 0.5) is 16.2 Å². The highest BCUT2D eigenvalue weighted by molar-refractivity contribution is 6.32. The third-order valence-electron chi connectivity index (χ3n) is 4.05. The van der Waals surface area contributed by atoms with Gasteiger partial charge in [0, 0.05) is 17.5 Å². The Balaban J connectivity index is 2.01. The Kier molecular flexibility index (Phi) is 5.09. The van der Waals surface area contributed by atoms with Crippen molar-refractivity contribution < 1.29 is 14.5 Å². The van der Waals surface area contributed by atoms with Crippen molar-refractivity contribution in [1.82, 2.24) is 10.6 Å². The van der Waals surface area contributed by atoms with Gasteiger partial charge >= 0.3 is 6.03 Å². The number of halogens is 1. The number of nitrogens with zero attached hydrogens (tertiary/aromatic N) is 1. The predicted octanol–water partition coefficient (Wildman–Crippen LogP) is 3.51. The van der Waals surface area contributed by atoms with Crippen molar-refractivity contribution in [3.63, 3.8) is 0 Å². The number of nitrogens with one attached hydrogen (secondary N) is 3. The largest absolute Gasteiger partial charge is 0.327 e. The van der Waals surface area contributed by atoms with Crippen LogP contribution in [0.15, 0.2) is 59.8 Å². The zero-order chi connectivity index (χ0) is 19.6. The van der Waals surface area contributed by atoms with Crippen molar-refractivity contribution in [1.29, 1.82) is 0 Å². The van der Waals surface area contributed by atoms with E-state index in [1.165, 1.54) is 18.2 Å². The number of benzene rings is 2. The van der Waals surface area contributed by atoms with Crippen LogP contribution in [0, 0.1) is 10.1 Å². The van der Waals surface area contributed by atoms with Gasteiger partial charge in [-0.15, -0.1) is 0 Å². The van der Waals surface area contributed by atoms with E-state index in [9.17, 15) is 19.7 Å². The molecule has 1 heterocycles. The van der Waals surface area contributed by atoms with Crippen LogP contribution in [0.3, 0.4) is 0 Å². The van der Waals surface area contributed by atoms with Crippen LogP contribution < -0.4 is 16.0 Å². The topological polar surface area (TPSA) is 113 Å². The van der Waals surface area contributed by atoms with Crippen LogP contribution in [0.5, 0.6) is 0 Å². The maximum atomic E-state index is 12.8. The summed E-state index contributed by atoms with van der Waals surface area (Å²) in [5.41, 5.74) is 1.26. The smallest absolute Gasteiger partial charge is 0.319 e. The zero-order valence-corrected chi connectivity index (χ0v) is 14.9. The number of para-hydroxylation sites is 1. The molecule has 1 atom stereocenters. The van der Waals surface area contributed by atoms with Gasteiger partial charge in [-0.1, -0.05) is 35.9 Å². The van der Waals surface area contributed by atoms with E-state index in [-0.39, 0.29) is 16.3 Å². The Morgan fingerprint density at radius 1 is 1.22 bits per heavy atom. The van der Waals surface area contributed by atoms with Gasteiger partial charge in [0.2, 0.25) is 0 Å². The molecule has 0 fully saturated rings. The van der Waals surface area contributed by atoms with Gasteiger partial charge in [0.05, 0.1) is 16.5 Å². The number of rotatable bonds is 4. The fourth-order valence-corrected chi connectivity index (χ4v) is 3.00. The summed E-state index contributed by atoms with van der Waals surface area (Å²) in [5.74, 6) is -0.436. The molecule has 138 valence electrons. The van der Waals surface area contributed by atoms with Gasteiger partial charge in [0.15, 0.2) is 0 Å². The number of amides is 3. The predicted molar refractivity (Wildman–Crippen MR) is 100 cm³/mol. The van der Waals surface area contributed by atoms with Crippen molar-refractivity contribution in [2.45, 2.75) is 13.0 Å². The molecule has 3 N–H and O–H groups in total. The summed E-state index contributed by atoms with van der Waals surface area (Å²) in [6.45, 7) is 1.59. The molecule has 2 aromatic carbocycles. The van der Waals surface area contributed by atoms with Gasteiger partial charge in [0.25, 0.3) is 11.6 Å². The minimum Gasteiger partial charge on any atom is -0.327 e. The molecular weight excluding hydrogens is 372 g/mol. The van der Waals surface area contributed by atoms with Gasteiger partial charge < -0.3 is 16.0 Å². The molecule has 0 radical (unpaired) electrons. The molecule has 3 rings (SSSR count). The number of allylic oxidation sites excluding steroid dienone is 1. The molecule has 1 aliphatic heterocycles. The number of hydrogen-bond acceptors (Lipinski definition) is 4. The lowest BCUT2D eigenvalue weighted by Crippen LogP contribution is -2.46. The number of carbonyl (C=O) groups is 2. The Morgan fingerprint density at radius 3 is 2.59 bits per heavy atom. The molecule has 1 unspecified atom stereocenters. The second-order valence-corrected chi connectivity index (χ2v) is 6.27. The molecule has 8 nitrogen and oxygen atoms in total. The van der Waals surface area contributed by atoms with E-state index in [1.54, 1.807) is 31.2 Å². The Bertz CT molecular complexity index is 959. The van der Waals surface area contributed by atoms with E-state index in [0.717, 1.165) is 0 Å². The normalized spacial score (nSPS) is 16.4. The maximum Gasteiger partial charge on any atom is 0.319 e. The van der Waals surface area contributed by atoms with Gasteiger partial charge in [-0.05, 0) is 30.7 Å². The summed E-state index contributed by atoms with van der Waals surface area (Å²) in [4.78, 5) is 35.3. The lowest BCUT2D eigenvalue weighted by molar-refractivity contribution is -0.384. The molecule has 1 aliphatic rings. The highest BCUT2D eigenvalue weighted by atomic mass is 35.5. The fraction of sp³-hybridized carbons (Fsp3) is 0.111. The molecule has 2 aromatic rings. The SMILES string of the molecule is CC1=C(C(=O)Nc2ccccc2)C(c2ccc(Cl)c([N+](=O)[O-])c2)NC(=O)N1. The molecule has 3 amide bonds. The van der Waals surface area contributed by atoms with Gasteiger partial charge in [0.1, 0.15) is 5.02 Å². The third-order valence-corrected chi connectivity index (χ3v) is 4.37. The number of anilines is 1. The first-order valence-electron chi connectivity index (χ1n) is 7.95. The lowest BCUT2D eigenvalue weighted by Gasteiger charge is -2.28. The minimum atomic E-state index is -0.863. The Hall–Kier alpha value is -3.39. The van der Waals surface area contributed by atoms with E-state index < -0.39 is 22.9 Å². The third kappa shape index (κ3) is 3.90. The quantitative estimate of drug-likeness (QED) is 0.551. The van der Waals surface area contributed by atoms with Gasteiger partial charge in [-0.25, -0.2) is 4.79 Å². The average molecular weight is 387 g/mol. The molecule has 9 heteroatoms. The van der Waals surface area contributed by atoms with Crippen LogP contribution in [-0.4, -0.2) is 16.9 Å². The summed E-state index contributed by atoms with van der Waals surface area (Å²) in [5, 5.41) is 19.1. The second kappa shape index (κ2) is 7.46. The number of urea groups is 1. The Morgan fingerprint density at radius 2 is 1.93 bits per heavy atom. The van der Waals surface area contributed by atoms with Crippen molar-refractivity contribution >= 4 is 34.9 Å². The first-order valence-corrected chi connectivity index (χ1v) is 8.33. The van der Waals surface area contributed by atoms with E-state index >= 15 is 0 Å². The highest BCUT2D eigenvalue weighted by Crippen LogP contribution is 2.33. The van der Waals surface area contributed by atoms with Crippen LogP contribution in [0.2, 0.25) is 5.02 Å². The number of hydrogen-bond donors (Lipinski definition) is 3. The van der Waals surface area contributed by atoms with E-state index in [4.69, 9.17) is 11.6 Å². The number of nitro benzene ring substituents is 1. The standard InChI is InChI=1S/C18H15ClN4O4/c1-10-15(17(24)21-12-5-3-2-4-6-12)16(22-18(25)20-10)11-7-8-13(19)14(9-11)23(26)27/h2-9,16H,1H3,(H,21,24)(H2,20,22,25). The molecule has 0 bridgehead atoms. The fourth-order valence-electron chi connectivity index (χ4n) is 2.81. The Labute approximate surface area is 159 Å². The summed E-state index contributed by atoms with van der Waals surface area (Å²) >= 11 is 5.86. The first kappa shape index (κ1) is 18.4. The number of nitro groups is 1. The summed E-state index contributed by atoms with van der Waals surface area (Å²) in [7, 11) is 0. The van der Waals surface area contributed by atoms with Crippen molar-refractivity contribution in [2.24, 2.45) is 0 Å². The number of carbonyl (C=O) groups excluding carboxylic acids is 2. The summed E-state index contributed by atoms with van der Waals surface area (Å²) in [6.07, 6.45) is 0. The molecule has 0 saturated carbocycles. The molecule has 0 aliphatic carbocycles. The second-order valence-electron chi connectivity index (χ2n) is 5.86. The molecule has 0 saturated heterocycles. The van der Waals surface area contributed by atoms with Crippen molar-refractivity contribution in [3.8, 4) is 0 Å². The van der Waals surface area contributed by atoms with E-state index in [1.807, 2.05) is 6.07 Å². The van der Waals surface area contributed by atoms with Crippen LogP contribution in [-0.2, 0) is 4.79 Å². The molecule has 0 aromatic heterocycles.